The van der Waals surface area contributed by atoms with Crippen molar-refractivity contribution in [2.75, 3.05) is 7.11 Å². The standard InChI is InChI=1S/C30H27F3N2O6/c1-4-6-25(29(36)37)39-20-8-5-7-18(13-20)16-35-17(2)27(22-11-10-21(14-24(22)35)40-30(31,32)33)28-23-12-9-19(38-3)15-26(23)41-34-28/h5,7-15,25H,4,6,16H2,1-3H3,(H,36,37). The lowest BCUT2D eigenvalue weighted by Crippen LogP contribution is -2.26. The first-order chi connectivity index (χ1) is 19.6. The maximum absolute atomic E-state index is 13.1. The molecule has 214 valence electrons. The Morgan fingerprint density at radius 2 is 1.80 bits per heavy atom. The number of ether oxygens (including phenoxy) is 3. The summed E-state index contributed by atoms with van der Waals surface area (Å²) in [6.07, 6.45) is -4.85. The Morgan fingerprint density at radius 1 is 1.05 bits per heavy atom. The van der Waals surface area contributed by atoms with Gasteiger partial charge in [-0.3, -0.25) is 0 Å². The van der Waals surface area contributed by atoms with Crippen molar-refractivity contribution in [1.29, 1.82) is 0 Å². The Morgan fingerprint density at radius 3 is 2.51 bits per heavy atom. The predicted molar refractivity (Wildman–Crippen MR) is 145 cm³/mol. The molecule has 0 saturated heterocycles. The molecular weight excluding hydrogens is 541 g/mol. The molecule has 0 spiro atoms. The maximum Gasteiger partial charge on any atom is 0.573 e. The Labute approximate surface area is 232 Å². The largest absolute Gasteiger partial charge is 0.573 e. The fourth-order valence-electron chi connectivity index (χ4n) is 4.94. The number of hydrogen-bond acceptors (Lipinski definition) is 6. The van der Waals surface area contributed by atoms with Crippen LogP contribution in [0, 0.1) is 6.92 Å². The highest BCUT2D eigenvalue weighted by atomic mass is 19.4. The number of aromatic nitrogens is 2. The lowest BCUT2D eigenvalue weighted by atomic mass is 10.0. The third kappa shape index (κ3) is 5.79. The van der Waals surface area contributed by atoms with Gasteiger partial charge in [0.2, 0.25) is 0 Å². The van der Waals surface area contributed by atoms with Crippen molar-refractivity contribution >= 4 is 27.8 Å². The topological polar surface area (TPSA) is 96.0 Å². The van der Waals surface area contributed by atoms with Crippen LogP contribution in [0.25, 0.3) is 33.1 Å². The Bertz CT molecular complexity index is 1720. The molecule has 0 saturated carbocycles. The van der Waals surface area contributed by atoms with Crippen molar-refractivity contribution in [3.63, 3.8) is 0 Å². The van der Waals surface area contributed by atoms with Crippen molar-refractivity contribution in [3.8, 4) is 28.5 Å². The van der Waals surface area contributed by atoms with Gasteiger partial charge in [0.25, 0.3) is 0 Å². The van der Waals surface area contributed by atoms with Crippen LogP contribution < -0.4 is 14.2 Å². The third-order valence-corrected chi connectivity index (χ3v) is 6.79. The van der Waals surface area contributed by atoms with Gasteiger partial charge in [0.1, 0.15) is 22.9 Å². The van der Waals surface area contributed by atoms with Gasteiger partial charge in [0.15, 0.2) is 11.7 Å². The molecule has 41 heavy (non-hydrogen) atoms. The van der Waals surface area contributed by atoms with E-state index in [1.165, 1.54) is 12.1 Å². The number of rotatable bonds is 10. The number of carboxylic acid groups (broad SMARTS) is 1. The molecule has 0 amide bonds. The summed E-state index contributed by atoms with van der Waals surface area (Å²) in [5.41, 5.74) is 3.71. The average molecular weight is 569 g/mol. The van der Waals surface area contributed by atoms with E-state index in [-0.39, 0.29) is 12.3 Å². The quantitative estimate of drug-likeness (QED) is 0.188. The molecule has 0 aliphatic heterocycles. The molecule has 1 atom stereocenters. The molecule has 0 aliphatic rings. The lowest BCUT2D eigenvalue weighted by Gasteiger charge is -2.16. The molecule has 2 aromatic heterocycles. The first kappa shape index (κ1) is 27.9. The summed E-state index contributed by atoms with van der Waals surface area (Å²) in [4.78, 5) is 11.6. The number of methoxy groups -OCH3 is 1. The summed E-state index contributed by atoms with van der Waals surface area (Å²) >= 11 is 0. The minimum absolute atomic E-state index is 0.254. The molecule has 8 nitrogen and oxygen atoms in total. The van der Waals surface area contributed by atoms with E-state index in [4.69, 9.17) is 14.0 Å². The average Bonchev–Trinajstić information content (AvgIpc) is 3.45. The highest BCUT2D eigenvalue weighted by Crippen LogP contribution is 2.40. The van der Waals surface area contributed by atoms with Gasteiger partial charge in [-0.15, -0.1) is 13.2 Å². The van der Waals surface area contributed by atoms with Gasteiger partial charge < -0.3 is 28.4 Å². The minimum atomic E-state index is -4.85. The highest BCUT2D eigenvalue weighted by molar-refractivity contribution is 6.04. The van der Waals surface area contributed by atoms with Crippen molar-refractivity contribution in [2.45, 2.75) is 45.7 Å². The summed E-state index contributed by atoms with van der Waals surface area (Å²) in [7, 11) is 1.54. The zero-order valence-electron chi connectivity index (χ0n) is 22.5. The van der Waals surface area contributed by atoms with Gasteiger partial charge in [-0.25, -0.2) is 4.79 Å². The van der Waals surface area contributed by atoms with Gasteiger partial charge in [-0.1, -0.05) is 30.6 Å². The van der Waals surface area contributed by atoms with E-state index < -0.39 is 18.4 Å². The molecule has 11 heteroatoms. The fraction of sp³-hybridized carbons (Fsp3) is 0.267. The van der Waals surface area contributed by atoms with Crippen molar-refractivity contribution in [2.24, 2.45) is 0 Å². The second kappa shape index (κ2) is 11.1. The number of carboxylic acids is 1. The molecule has 2 heterocycles. The summed E-state index contributed by atoms with van der Waals surface area (Å²) in [6, 6.07) is 16.5. The smallest absolute Gasteiger partial charge is 0.497 e. The summed E-state index contributed by atoms with van der Waals surface area (Å²) in [5, 5.41) is 15.2. The van der Waals surface area contributed by atoms with Crippen molar-refractivity contribution in [3.05, 3.63) is 71.9 Å². The first-order valence-electron chi connectivity index (χ1n) is 12.9. The van der Waals surface area contributed by atoms with Crippen LogP contribution in [0.5, 0.6) is 17.2 Å². The van der Waals surface area contributed by atoms with Crippen LogP contribution >= 0.6 is 0 Å². The first-order valence-corrected chi connectivity index (χ1v) is 12.9. The van der Waals surface area contributed by atoms with Crippen LogP contribution in [0.15, 0.2) is 65.2 Å². The second-order valence-corrected chi connectivity index (χ2v) is 9.55. The molecule has 0 bridgehead atoms. The van der Waals surface area contributed by atoms with E-state index in [0.717, 1.165) is 16.6 Å². The maximum atomic E-state index is 13.1. The molecule has 0 radical (unpaired) electrons. The molecule has 5 aromatic rings. The van der Waals surface area contributed by atoms with Gasteiger partial charge in [0.05, 0.1) is 18.0 Å². The summed E-state index contributed by atoms with van der Waals surface area (Å²) in [5.74, 6) is -0.426. The normalized spacial score (nSPS) is 12.5. The molecular formula is C30H27F3N2O6. The van der Waals surface area contributed by atoms with Crippen LogP contribution in [0.1, 0.15) is 31.0 Å². The predicted octanol–water partition coefficient (Wildman–Crippen LogP) is 7.35. The Kier molecular flexibility index (Phi) is 7.53. The highest BCUT2D eigenvalue weighted by Gasteiger charge is 2.32. The van der Waals surface area contributed by atoms with Crippen LogP contribution in [0.4, 0.5) is 13.2 Å². The molecule has 5 rings (SSSR count). The number of halogens is 3. The van der Waals surface area contributed by atoms with Crippen molar-refractivity contribution < 1.29 is 41.8 Å². The van der Waals surface area contributed by atoms with E-state index in [1.807, 2.05) is 30.5 Å². The third-order valence-electron chi connectivity index (χ3n) is 6.79. The number of benzene rings is 3. The second-order valence-electron chi connectivity index (χ2n) is 9.55. The van der Waals surface area contributed by atoms with Gasteiger partial charge in [0, 0.05) is 35.3 Å². The summed E-state index contributed by atoms with van der Waals surface area (Å²) < 4.78 is 61.9. The van der Waals surface area contributed by atoms with Crippen LogP contribution in [0.3, 0.4) is 0 Å². The molecule has 1 unspecified atom stereocenters. The number of aliphatic carboxylic acids is 1. The van der Waals surface area contributed by atoms with E-state index in [2.05, 4.69) is 9.89 Å². The van der Waals surface area contributed by atoms with E-state index >= 15 is 0 Å². The SMILES string of the molecule is CCCC(Oc1cccc(Cn2c(C)c(-c3noc4cc(OC)ccc34)c3ccc(OC(F)(F)F)cc32)c1)C(=O)O. The van der Waals surface area contributed by atoms with E-state index in [9.17, 15) is 23.1 Å². The monoisotopic (exact) mass is 568 g/mol. The molecule has 1 N–H and O–H groups in total. The Hall–Kier alpha value is -4.67. The number of nitrogens with zero attached hydrogens (tertiary/aromatic N) is 2. The van der Waals surface area contributed by atoms with Crippen LogP contribution in [-0.2, 0) is 11.3 Å². The van der Waals surface area contributed by atoms with Crippen molar-refractivity contribution in [1.82, 2.24) is 9.72 Å². The molecule has 0 aliphatic carbocycles. The number of fused-ring (bicyclic) bond motifs is 2. The van der Waals surface area contributed by atoms with Gasteiger partial charge in [-0.05, 0) is 55.3 Å². The number of alkyl halides is 3. The molecule has 3 aromatic carbocycles. The minimum Gasteiger partial charge on any atom is -0.497 e. The van der Waals surface area contributed by atoms with Crippen LogP contribution in [-0.4, -0.2) is 40.4 Å². The number of hydrogen-bond donors (Lipinski definition) is 1. The fourth-order valence-corrected chi connectivity index (χ4v) is 4.94. The van der Waals surface area contributed by atoms with E-state index in [0.29, 0.717) is 52.1 Å². The number of carbonyl (C=O) groups is 1. The zero-order valence-corrected chi connectivity index (χ0v) is 22.5. The lowest BCUT2D eigenvalue weighted by molar-refractivity contribution is -0.274. The van der Waals surface area contributed by atoms with Gasteiger partial charge >= 0.3 is 12.3 Å². The van der Waals surface area contributed by atoms with E-state index in [1.54, 1.807) is 43.5 Å². The van der Waals surface area contributed by atoms with Gasteiger partial charge in [-0.2, -0.15) is 0 Å². The molecule has 0 fully saturated rings. The van der Waals surface area contributed by atoms with Crippen LogP contribution in [0.2, 0.25) is 0 Å². The zero-order chi connectivity index (χ0) is 29.3. The summed E-state index contributed by atoms with van der Waals surface area (Å²) in [6.45, 7) is 3.98. The Balaban J connectivity index is 1.61.